The average Bonchev–Trinajstić information content (AvgIpc) is 3.05. The molecule has 1 aliphatic carbocycles. The molecule has 1 saturated heterocycles. The lowest BCUT2D eigenvalue weighted by Gasteiger charge is -2.47. The summed E-state index contributed by atoms with van der Waals surface area (Å²) in [6.07, 6.45) is 0.675. The Kier molecular flexibility index (Phi) is 12.8. The van der Waals surface area contributed by atoms with Gasteiger partial charge in [0.25, 0.3) is 5.91 Å². The molecular formula is C37H52F3N5O6S. The van der Waals surface area contributed by atoms with Crippen LogP contribution in [0.25, 0.3) is 0 Å². The molecule has 6 unspecified atom stereocenters. The van der Waals surface area contributed by atoms with Crippen molar-refractivity contribution in [2.45, 2.75) is 114 Å². The van der Waals surface area contributed by atoms with E-state index in [1.807, 2.05) is 43.9 Å². The molecule has 0 radical (unpaired) electrons. The number of aliphatic hydroxyl groups is 1. The molecule has 2 aromatic rings. The SMILES string of the molecule is CC(C)(C)NC(=O)C1CC2CCCCC2CN1CC(O)C(Cc1ccccc1)NC(=O)C(NC(=O)c1ccc(C(F)(F)F)nc1)C(C)(C)S(C)(=O)=O. The third kappa shape index (κ3) is 10.5. The van der Waals surface area contributed by atoms with Crippen molar-refractivity contribution in [3.05, 3.63) is 65.5 Å². The van der Waals surface area contributed by atoms with Gasteiger partial charge >= 0.3 is 6.18 Å². The van der Waals surface area contributed by atoms with Crippen molar-refractivity contribution in [1.29, 1.82) is 0 Å². The number of fused-ring (bicyclic) bond motifs is 1. The van der Waals surface area contributed by atoms with Crippen LogP contribution in [0.15, 0.2) is 48.7 Å². The van der Waals surface area contributed by atoms with Gasteiger partial charge in [-0.2, -0.15) is 13.2 Å². The van der Waals surface area contributed by atoms with E-state index in [1.54, 1.807) is 12.1 Å². The zero-order valence-corrected chi connectivity index (χ0v) is 31.5. The number of nitrogens with zero attached hydrogens (tertiary/aromatic N) is 2. The van der Waals surface area contributed by atoms with Crippen LogP contribution in [0, 0.1) is 11.8 Å². The van der Waals surface area contributed by atoms with Gasteiger partial charge in [0, 0.05) is 31.1 Å². The lowest BCUT2D eigenvalue weighted by atomic mass is 9.72. The Bertz CT molecular complexity index is 1670. The highest BCUT2D eigenvalue weighted by atomic mass is 32.2. The molecule has 52 heavy (non-hydrogen) atoms. The van der Waals surface area contributed by atoms with Crippen LogP contribution in [0.5, 0.6) is 0 Å². The summed E-state index contributed by atoms with van der Waals surface area (Å²) < 4.78 is 63.4. The molecule has 2 heterocycles. The molecule has 2 fully saturated rings. The Hall–Kier alpha value is -3.56. The van der Waals surface area contributed by atoms with E-state index in [-0.39, 0.29) is 24.4 Å². The molecule has 0 bridgehead atoms. The summed E-state index contributed by atoms with van der Waals surface area (Å²) in [4.78, 5) is 46.4. The quantitative estimate of drug-likeness (QED) is 0.255. The van der Waals surface area contributed by atoms with Gasteiger partial charge in [0.15, 0.2) is 9.84 Å². The summed E-state index contributed by atoms with van der Waals surface area (Å²) in [6, 6.07) is 7.32. The van der Waals surface area contributed by atoms with E-state index in [9.17, 15) is 41.1 Å². The summed E-state index contributed by atoms with van der Waals surface area (Å²) in [5.41, 5.74) is -1.25. The number of amides is 3. The third-order valence-corrected chi connectivity index (χ3v) is 12.5. The van der Waals surface area contributed by atoms with Crippen LogP contribution in [-0.2, 0) is 32.0 Å². The fourth-order valence-electron chi connectivity index (χ4n) is 7.09. The number of nitrogens with one attached hydrogen (secondary N) is 3. The van der Waals surface area contributed by atoms with E-state index in [0.29, 0.717) is 37.1 Å². The first-order valence-corrected chi connectivity index (χ1v) is 19.6. The van der Waals surface area contributed by atoms with Crippen molar-refractivity contribution in [3.8, 4) is 0 Å². The molecule has 6 atom stereocenters. The van der Waals surface area contributed by atoms with Gasteiger partial charge in [-0.1, -0.05) is 49.6 Å². The summed E-state index contributed by atoms with van der Waals surface area (Å²) in [7, 11) is -4.04. The van der Waals surface area contributed by atoms with E-state index in [2.05, 4.69) is 20.9 Å². The molecule has 288 valence electrons. The van der Waals surface area contributed by atoms with Gasteiger partial charge in [0.2, 0.25) is 11.8 Å². The first kappa shape index (κ1) is 41.2. The number of aliphatic hydroxyl groups excluding tert-OH is 1. The Morgan fingerprint density at radius 2 is 1.60 bits per heavy atom. The molecule has 1 saturated carbocycles. The van der Waals surface area contributed by atoms with Crippen LogP contribution in [0.2, 0.25) is 0 Å². The Labute approximate surface area is 304 Å². The van der Waals surface area contributed by atoms with Crippen LogP contribution >= 0.6 is 0 Å². The largest absolute Gasteiger partial charge is 0.433 e. The van der Waals surface area contributed by atoms with E-state index < -0.39 is 68.0 Å². The number of carbonyl (C=O) groups excluding carboxylic acids is 3. The highest BCUT2D eigenvalue weighted by molar-refractivity contribution is 7.92. The fourth-order valence-corrected chi connectivity index (χ4v) is 7.69. The lowest BCUT2D eigenvalue weighted by Crippen LogP contribution is -2.64. The Morgan fingerprint density at radius 1 is 0.962 bits per heavy atom. The van der Waals surface area contributed by atoms with Gasteiger partial charge in [-0.05, 0) is 83.4 Å². The number of alkyl halides is 3. The van der Waals surface area contributed by atoms with Crippen molar-refractivity contribution in [2.24, 2.45) is 11.8 Å². The van der Waals surface area contributed by atoms with Gasteiger partial charge in [-0.15, -0.1) is 0 Å². The maximum Gasteiger partial charge on any atom is 0.433 e. The first-order valence-electron chi connectivity index (χ1n) is 17.7. The number of benzene rings is 1. The molecular weight excluding hydrogens is 699 g/mol. The number of piperidine rings is 1. The second-order valence-electron chi connectivity index (χ2n) is 15.8. The second kappa shape index (κ2) is 16.2. The number of rotatable bonds is 12. The van der Waals surface area contributed by atoms with E-state index in [4.69, 9.17) is 0 Å². The van der Waals surface area contributed by atoms with Crippen LogP contribution in [0.3, 0.4) is 0 Å². The lowest BCUT2D eigenvalue weighted by molar-refractivity contribution is -0.141. The minimum atomic E-state index is -4.74. The standard InChI is InChI=1S/C37H52F3N5O6S/c1-35(2,3)44-33(48)28-19-24-14-10-11-15-26(24)21-45(28)22-29(46)27(18-23-12-8-7-9-13-23)42-34(49)31(36(4,5)52(6,50)51)43-32(47)25-16-17-30(41-20-25)37(38,39)40/h7-9,12-13,16-17,20,24,26-29,31,46H,10-11,14-15,18-19,21-22H2,1-6H3,(H,42,49)(H,43,47)(H,44,48). The van der Waals surface area contributed by atoms with Crippen LogP contribution in [0.1, 0.15) is 88.3 Å². The molecule has 1 aliphatic heterocycles. The van der Waals surface area contributed by atoms with Crippen molar-refractivity contribution in [2.75, 3.05) is 19.3 Å². The van der Waals surface area contributed by atoms with Crippen LogP contribution in [0.4, 0.5) is 13.2 Å². The maximum atomic E-state index is 14.2. The summed E-state index contributed by atoms with van der Waals surface area (Å²) in [5.74, 6) is -1.32. The van der Waals surface area contributed by atoms with Gasteiger partial charge in [-0.3, -0.25) is 24.3 Å². The number of likely N-dealkylation sites (tertiary alicyclic amines) is 1. The number of pyridine rings is 1. The fraction of sp³-hybridized carbons (Fsp3) is 0.622. The minimum absolute atomic E-state index is 0.0347. The highest BCUT2D eigenvalue weighted by Crippen LogP contribution is 2.39. The van der Waals surface area contributed by atoms with E-state index in [0.717, 1.165) is 43.6 Å². The summed E-state index contributed by atoms with van der Waals surface area (Å²) in [5, 5.41) is 20.2. The number of sulfone groups is 1. The molecule has 1 aromatic heterocycles. The molecule has 2 aliphatic rings. The molecule has 0 spiro atoms. The molecule has 15 heteroatoms. The highest BCUT2D eigenvalue weighted by Gasteiger charge is 2.46. The number of halogens is 3. The van der Waals surface area contributed by atoms with E-state index >= 15 is 0 Å². The smallest absolute Gasteiger partial charge is 0.390 e. The van der Waals surface area contributed by atoms with Crippen molar-refractivity contribution >= 4 is 27.6 Å². The number of hydrogen-bond acceptors (Lipinski definition) is 8. The number of β-amino-alcohol motifs (C(OH)–C–C–N with tert-alkyl or cyclic N) is 1. The third-order valence-electron chi connectivity index (χ3n) is 10.3. The molecule has 3 amide bonds. The second-order valence-corrected chi connectivity index (χ2v) is 18.4. The number of carbonyl (C=O) groups is 3. The van der Waals surface area contributed by atoms with Crippen LogP contribution < -0.4 is 16.0 Å². The monoisotopic (exact) mass is 751 g/mol. The summed E-state index contributed by atoms with van der Waals surface area (Å²) >= 11 is 0. The Morgan fingerprint density at radius 3 is 2.15 bits per heavy atom. The van der Waals surface area contributed by atoms with Gasteiger partial charge in [0.1, 0.15) is 11.7 Å². The minimum Gasteiger partial charge on any atom is -0.390 e. The maximum absolute atomic E-state index is 14.2. The molecule has 4 N–H and O–H groups in total. The predicted octanol–water partition coefficient (Wildman–Crippen LogP) is 3.91. The first-order chi connectivity index (χ1) is 24.1. The van der Waals surface area contributed by atoms with Gasteiger partial charge in [-0.25, -0.2) is 8.42 Å². The zero-order chi connectivity index (χ0) is 38.6. The number of aromatic nitrogens is 1. The zero-order valence-electron chi connectivity index (χ0n) is 30.7. The summed E-state index contributed by atoms with van der Waals surface area (Å²) in [6.45, 7) is 8.86. The molecule has 4 rings (SSSR count). The van der Waals surface area contributed by atoms with Crippen molar-refractivity contribution in [3.63, 3.8) is 0 Å². The van der Waals surface area contributed by atoms with Gasteiger partial charge in [0.05, 0.1) is 28.5 Å². The average molecular weight is 752 g/mol. The number of hydrogen-bond donors (Lipinski definition) is 4. The van der Waals surface area contributed by atoms with Crippen molar-refractivity contribution < 1.29 is 41.1 Å². The van der Waals surface area contributed by atoms with Gasteiger partial charge < -0.3 is 21.1 Å². The predicted molar refractivity (Wildman–Crippen MR) is 191 cm³/mol. The Balaban J connectivity index is 1.63. The van der Waals surface area contributed by atoms with E-state index in [1.165, 1.54) is 13.8 Å². The normalized spacial score (nSPS) is 22.0. The van der Waals surface area contributed by atoms with Crippen LogP contribution in [-0.4, -0.2) is 95.0 Å². The molecule has 1 aromatic carbocycles. The molecule has 11 nitrogen and oxygen atoms in total. The topological polar surface area (TPSA) is 158 Å². The van der Waals surface area contributed by atoms with Crippen molar-refractivity contribution in [1.82, 2.24) is 25.8 Å².